The van der Waals surface area contributed by atoms with Gasteiger partial charge in [-0.25, -0.2) is 4.98 Å². The van der Waals surface area contributed by atoms with E-state index in [0.717, 1.165) is 28.7 Å². The molecule has 0 bridgehead atoms. The highest BCUT2D eigenvalue weighted by Gasteiger charge is 2.35. The van der Waals surface area contributed by atoms with Crippen molar-refractivity contribution in [1.29, 1.82) is 0 Å². The van der Waals surface area contributed by atoms with Crippen molar-refractivity contribution in [2.45, 2.75) is 57.5 Å². The summed E-state index contributed by atoms with van der Waals surface area (Å²) in [5.74, 6) is 1.07. The Bertz CT molecular complexity index is 624. The number of nitrogens with zero attached hydrogens (tertiary/aromatic N) is 2. The van der Waals surface area contributed by atoms with Gasteiger partial charge in [0, 0.05) is 10.5 Å². The van der Waals surface area contributed by atoms with E-state index in [9.17, 15) is 0 Å². The zero-order valence-electron chi connectivity index (χ0n) is 12.2. The molecule has 3 rings (SSSR count). The Balaban J connectivity index is 2.21. The van der Waals surface area contributed by atoms with E-state index in [1.54, 1.807) is 0 Å². The molecule has 1 aliphatic carbocycles. The first-order chi connectivity index (χ1) is 9.51. The number of nitrogens with two attached hydrogens (primary N) is 1. The van der Waals surface area contributed by atoms with Crippen LogP contribution in [0.25, 0.3) is 11.0 Å². The average molecular weight is 336 g/mol. The van der Waals surface area contributed by atoms with Crippen molar-refractivity contribution >= 4 is 27.0 Å². The number of rotatable bonds is 2. The smallest absolute Gasteiger partial charge is 0.130 e. The highest BCUT2D eigenvalue weighted by atomic mass is 79.9. The molecular formula is C16H22BrN3. The number of aromatic nitrogens is 2. The van der Waals surface area contributed by atoms with E-state index in [4.69, 9.17) is 10.7 Å². The molecule has 1 saturated carbocycles. The van der Waals surface area contributed by atoms with Crippen molar-refractivity contribution in [2.75, 3.05) is 0 Å². The Labute approximate surface area is 128 Å². The van der Waals surface area contributed by atoms with Gasteiger partial charge in [0.2, 0.25) is 0 Å². The van der Waals surface area contributed by atoms with Gasteiger partial charge in [-0.2, -0.15) is 0 Å². The summed E-state index contributed by atoms with van der Waals surface area (Å²) >= 11 is 3.53. The predicted molar refractivity (Wildman–Crippen MR) is 86.8 cm³/mol. The molecule has 20 heavy (non-hydrogen) atoms. The Morgan fingerprint density at radius 2 is 1.95 bits per heavy atom. The van der Waals surface area contributed by atoms with Crippen LogP contribution in [0.5, 0.6) is 0 Å². The minimum atomic E-state index is -0.256. The van der Waals surface area contributed by atoms with Gasteiger partial charge in [-0.05, 0) is 44.9 Å². The van der Waals surface area contributed by atoms with Crippen LogP contribution < -0.4 is 5.73 Å². The number of halogens is 1. The maximum absolute atomic E-state index is 6.73. The molecule has 1 aliphatic rings. The number of hydrogen-bond acceptors (Lipinski definition) is 2. The molecule has 0 amide bonds. The molecule has 1 fully saturated rings. The van der Waals surface area contributed by atoms with Crippen molar-refractivity contribution in [2.24, 2.45) is 5.73 Å². The number of hydrogen-bond donors (Lipinski definition) is 1. The van der Waals surface area contributed by atoms with Gasteiger partial charge in [0.1, 0.15) is 5.82 Å². The lowest BCUT2D eigenvalue weighted by Gasteiger charge is -2.34. The zero-order valence-corrected chi connectivity index (χ0v) is 13.8. The molecule has 0 atom stereocenters. The molecule has 2 aromatic rings. The van der Waals surface area contributed by atoms with Gasteiger partial charge in [-0.1, -0.05) is 35.2 Å². The first kappa shape index (κ1) is 14.1. The Hall–Kier alpha value is -0.870. The van der Waals surface area contributed by atoms with E-state index in [1.807, 2.05) is 0 Å². The van der Waals surface area contributed by atoms with E-state index in [1.165, 1.54) is 24.8 Å². The summed E-state index contributed by atoms with van der Waals surface area (Å²) in [5.41, 5.74) is 8.70. The second-order valence-corrected chi connectivity index (χ2v) is 7.16. The normalized spacial score (nSPS) is 18.9. The second kappa shape index (κ2) is 5.15. The predicted octanol–water partition coefficient (Wildman–Crippen LogP) is 4.50. The molecule has 1 heterocycles. The molecule has 2 N–H and O–H groups in total. The minimum Gasteiger partial charge on any atom is -0.324 e. The summed E-state index contributed by atoms with van der Waals surface area (Å²) in [5, 5.41) is 0. The maximum Gasteiger partial charge on any atom is 0.130 e. The lowest BCUT2D eigenvalue weighted by Crippen LogP contribution is -2.41. The van der Waals surface area contributed by atoms with Crippen molar-refractivity contribution in [3.05, 3.63) is 28.5 Å². The fourth-order valence-corrected chi connectivity index (χ4v) is 3.70. The van der Waals surface area contributed by atoms with Crippen molar-refractivity contribution < 1.29 is 0 Å². The fraction of sp³-hybridized carbons (Fsp3) is 0.562. The van der Waals surface area contributed by atoms with Crippen LogP contribution in [0.3, 0.4) is 0 Å². The van der Waals surface area contributed by atoms with Gasteiger partial charge >= 0.3 is 0 Å². The van der Waals surface area contributed by atoms with Gasteiger partial charge in [0.25, 0.3) is 0 Å². The molecule has 1 aromatic heterocycles. The number of fused-ring (bicyclic) bond motifs is 1. The van der Waals surface area contributed by atoms with Crippen LogP contribution in [0.15, 0.2) is 22.7 Å². The standard InChI is InChI=1S/C16H22BrN3/c1-11(2)20-14-7-6-12(17)10-13(14)19-15(20)16(18)8-4-3-5-9-16/h6-7,10-11H,3-5,8-9,18H2,1-2H3. The second-order valence-electron chi connectivity index (χ2n) is 6.25. The highest BCUT2D eigenvalue weighted by molar-refractivity contribution is 9.10. The molecule has 4 heteroatoms. The van der Waals surface area contributed by atoms with Gasteiger partial charge in [0.05, 0.1) is 16.6 Å². The molecule has 0 unspecified atom stereocenters. The zero-order chi connectivity index (χ0) is 14.3. The summed E-state index contributed by atoms with van der Waals surface area (Å²) < 4.78 is 3.40. The van der Waals surface area contributed by atoms with Gasteiger partial charge < -0.3 is 10.3 Å². The van der Waals surface area contributed by atoms with Crippen LogP contribution in [0.1, 0.15) is 57.8 Å². The number of benzene rings is 1. The van der Waals surface area contributed by atoms with Crippen molar-refractivity contribution in [3.8, 4) is 0 Å². The summed E-state index contributed by atoms with van der Waals surface area (Å²) in [7, 11) is 0. The molecule has 0 aliphatic heterocycles. The topological polar surface area (TPSA) is 43.8 Å². The third kappa shape index (κ3) is 2.29. The first-order valence-electron chi connectivity index (χ1n) is 7.48. The Morgan fingerprint density at radius 3 is 2.60 bits per heavy atom. The first-order valence-corrected chi connectivity index (χ1v) is 8.27. The molecular weight excluding hydrogens is 314 g/mol. The minimum absolute atomic E-state index is 0.256. The van der Waals surface area contributed by atoms with Crippen LogP contribution in [0.4, 0.5) is 0 Å². The van der Waals surface area contributed by atoms with Gasteiger partial charge in [0.15, 0.2) is 0 Å². The van der Waals surface area contributed by atoms with E-state index in [0.29, 0.717) is 6.04 Å². The van der Waals surface area contributed by atoms with Crippen molar-refractivity contribution in [1.82, 2.24) is 9.55 Å². The van der Waals surface area contributed by atoms with Gasteiger partial charge in [-0.15, -0.1) is 0 Å². The highest BCUT2D eigenvalue weighted by Crippen LogP contribution is 2.37. The Kier molecular flexibility index (Phi) is 3.63. The van der Waals surface area contributed by atoms with E-state index in [2.05, 4.69) is 52.5 Å². The third-order valence-electron chi connectivity index (χ3n) is 4.36. The van der Waals surface area contributed by atoms with Crippen LogP contribution in [0, 0.1) is 0 Å². The van der Waals surface area contributed by atoms with Crippen LogP contribution >= 0.6 is 15.9 Å². The average Bonchev–Trinajstić information content (AvgIpc) is 2.78. The van der Waals surface area contributed by atoms with Crippen LogP contribution in [-0.4, -0.2) is 9.55 Å². The maximum atomic E-state index is 6.73. The molecule has 0 saturated heterocycles. The SMILES string of the molecule is CC(C)n1c(C2(N)CCCCC2)nc2cc(Br)ccc21. The van der Waals surface area contributed by atoms with E-state index >= 15 is 0 Å². The molecule has 0 spiro atoms. The van der Waals surface area contributed by atoms with Crippen LogP contribution in [-0.2, 0) is 5.54 Å². The Morgan fingerprint density at radius 1 is 1.25 bits per heavy atom. The monoisotopic (exact) mass is 335 g/mol. The fourth-order valence-electron chi connectivity index (χ4n) is 3.35. The quantitative estimate of drug-likeness (QED) is 0.878. The summed E-state index contributed by atoms with van der Waals surface area (Å²) in [6.07, 6.45) is 5.81. The summed E-state index contributed by atoms with van der Waals surface area (Å²) in [4.78, 5) is 4.90. The molecule has 108 valence electrons. The van der Waals surface area contributed by atoms with E-state index < -0.39 is 0 Å². The molecule has 1 aromatic carbocycles. The molecule has 0 radical (unpaired) electrons. The van der Waals surface area contributed by atoms with Crippen molar-refractivity contribution in [3.63, 3.8) is 0 Å². The summed E-state index contributed by atoms with van der Waals surface area (Å²) in [6, 6.07) is 6.68. The third-order valence-corrected chi connectivity index (χ3v) is 4.85. The lowest BCUT2D eigenvalue weighted by molar-refractivity contribution is 0.275. The molecule has 3 nitrogen and oxygen atoms in total. The lowest BCUT2D eigenvalue weighted by atomic mass is 9.82. The van der Waals surface area contributed by atoms with E-state index in [-0.39, 0.29) is 5.54 Å². The van der Waals surface area contributed by atoms with Crippen LogP contribution in [0.2, 0.25) is 0 Å². The largest absolute Gasteiger partial charge is 0.324 e. The number of imidazole rings is 1. The van der Waals surface area contributed by atoms with Gasteiger partial charge in [-0.3, -0.25) is 0 Å². The summed E-state index contributed by atoms with van der Waals surface area (Å²) in [6.45, 7) is 4.41.